The Morgan fingerprint density at radius 2 is 2.07 bits per heavy atom. The Kier molecular flexibility index (Phi) is 5.25. The maximum absolute atomic E-state index is 13.3. The first-order valence-corrected chi connectivity index (χ1v) is 11.0. The number of carbonyl (C=O) groups excluding carboxylic acids is 2. The van der Waals surface area contributed by atoms with E-state index in [0.29, 0.717) is 18.6 Å². The second kappa shape index (κ2) is 7.60. The first kappa shape index (κ1) is 20.7. The van der Waals surface area contributed by atoms with Crippen LogP contribution in [0, 0.1) is 5.41 Å². The van der Waals surface area contributed by atoms with Crippen molar-refractivity contribution >= 4 is 17.4 Å². The number of esters is 1. The second-order valence-electron chi connectivity index (χ2n) is 9.56. The van der Waals surface area contributed by atoms with Crippen LogP contribution in [0.25, 0.3) is 0 Å². The molecule has 2 heterocycles. The zero-order valence-electron chi connectivity index (χ0n) is 18.7. The van der Waals surface area contributed by atoms with Crippen molar-refractivity contribution in [3.8, 4) is 0 Å². The van der Waals surface area contributed by atoms with Gasteiger partial charge in [-0.1, -0.05) is 26.0 Å². The minimum Gasteiger partial charge on any atom is -0.463 e. The Morgan fingerprint density at radius 3 is 2.80 bits per heavy atom. The Bertz CT molecular complexity index is 971. The number of rotatable bonds is 3. The summed E-state index contributed by atoms with van der Waals surface area (Å²) in [5.41, 5.74) is 6.50. The molecule has 4 rings (SSSR count). The van der Waals surface area contributed by atoms with Gasteiger partial charge in [0.25, 0.3) is 0 Å². The smallest absolute Gasteiger partial charge is 0.336 e. The summed E-state index contributed by atoms with van der Waals surface area (Å²) in [6.45, 7) is 9.34. The number of anilines is 1. The Hall–Kier alpha value is -2.56. The maximum Gasteiger partial charge on any atom is 0.336 e. The van der Waals surface area contributed by atoms with Gasteiger partial charge in [-0.15, -0.1) is 0 Å². The van der Waals surface area contributed by atoms with Crippen molar-refractivity contribution in [3.63, 3.8) is 0 Å². The number of benzene rings is 1. The summed E-state index contributed by atoms with van der Waals surface area (Å²) in [7, 11) is 2.11. The summed E-state index contributed by atoms with van der Waals surface area (Å²) < 4.78 is 5.41. The number of ether oxygens (including phenoxy) is 1. The summed E-state index contributed by atoms with van der Waals surface area (Å²) in [5.74, 6) is -0.587. The van der Waals surface area contributed by atoms with Crippen LogP contribution in [-0.4, -0.2) is 32.0 Å². The molecular weight excluding hydrogens is 376 g/mol. The average Bonchev–Trinajstić information content (AvgIpc) is 2.66. The second-order valence-corrected chi connectivity index (χ2v) is 9.56. The standard InChI is InChI=1S/C25H32N2O3/c1-6-30-24(29)21-15(2)26-18-13-25(3,4)14-20(28)23(18)22(21)17-9-10-19-16(12-17)8-7-11-27(19)5/h9-10,12,22,26H,6-8,11,13-14H2,1-5H3/t22-/m1/s1. The Labute approximate surface area is 179 Å². The highest BCUT2D eigenvalue weighted by atomic mass is 16.5. The molecule has 0 amide bonds. The van der Waals surface area contributed by atoms with E-state index in [9.17, 15) is 9.59 Å². The van der Waals surface area contributed by atoms with Crippen molar-refractivity contribution in [3.05, 3.63) is 51.9 Å². The van der Waals surface area contributed by atoms with Crippen molar-refractivity contribution in [2.75, 3.05) is 25.1 Å². The van der Waals surface area contributed by atoms with Gasteiger partial charge in [-0.25, -0.2) is 4.79 Å². The molecule has 5 nitrogen and oxygen atoms in total. The molecular formula is C25H32N2O3. The first-order valence-electron chi connectivity index (χ1n) is 11.0. The van der Waals surface area contributed by atoms with Gasteiger partial charge in [-0.3, -0.25) is 4.79 Å². The highest BCUT2D eigenvalue weighted by molar-refractivity contribution is 6.04. The number of ketones is 1. The van der Waals surface area contributed by atoms with Crippen LogP contribution < -0.4 is 10.2 Å². The van der Waals surface area contributed by atoms with Gasteiger partial charge in [0.05, 0.1) is 12.2 Å². The average molecular weight is 409 g/mol. The SMILES string of the molecule is CCOC(=O)C1=C(C)NC2=C(C(=O)CC(C)(C)C2)[C@@H]1c1ccc2c(c1)CCCN2C. The molecule has 1 aromatic rings. The van der Waals surface area contributed by atoms with E-state index < -0.39 is 0 Å². The summed E-state index contributed by atoms with van der Waals surface area (Å²) in [5, 5.41) is 3.39. The van der Waals surface area contributed by atoms with Crippen molar-refractivity contribution < 1.29 is 14.3 Å². The summed E-state index contributed by atoms with van der Waals surface area (Å²) in [6.07, 6.45) is 3.42. The molecule has 0 spiro atoms. The number of allylic oxidation sites excluding steroid dienone is 3. The summed E-state index contributed by atoms with van der Waals surface area (Å²) in [4.78, 5) is 28.6. The number of hydrogen-bond donors (Lipinski definition) is 1. The molecule has 5 heteroatoms. The number of nitrogens with one attached hydrogen (secondary N) is 1. The van der Waals surface area contributed by atoms with E-state index in [-0.39, 0.29) is 23.1 Å². The lowest BCUT2D eigenvalue weighted by molar-refractivity contribution is -0.138. The van der Waals surface area contributed by atoms with Crippen molar-refractivity contribution in [2.45, 2.75) is 59.3 Å². The summed E-state index contributed by atoms with van der Waals surface area (Å²) in [6, 6.07) is 6.42. The number of hydrogen-bond acceptors (Lipinski definition) is 5. The van der Waals surface area contributed by atoms with Gasteiger partial charge in [0.1, 0.15) is 0 Å². The fourth-order valence-electron chi connectivity index (χ4n) is 5.23. The van der Waals surface area contributed by atoms with E-state index in [4.69, 9.17) is 4.74 Å². The lowest BCUT2D eigenvalue weighted by Crippen LogP contribution is -2.38. The van der Waals surface area contributed by atoms with E-state index in [0.717, 1.165) is 48.3 Å². The molecule has 1 atom stereocenters. The molecule has 1 aromatic carbocycles. The molecule has 0 radical (unpaired) electrons. The van der Waals surface area contributed by atoms with Crippen molar-refractivity contribution in [2.24, 2.45) is 5.41 Å². The van der Waals surface area contributed by atoms with Gasteiger partial charge < -0.3 is 15.0 Å². The molecule has 1 aliphatic carbocycles. The molecule has 0 bridgehead atoms. The fraction of sp³-hybridized carbons (Fsp3) is 0.520. The number of dihydropyridines is 1. The molecule has 0 aromatic heterocycles. The van der Waals surface area contributed by atoms with E-state index in [1.807, 2.05) is 13.8 Å². The molecule has 0 unspecified atom stereocenters. The molecule has 160 valence electrons. The lowest BCUT2D eigenvalue weighted by Gasteiger charge is -2.39. The quantitative estimate of drug-likeness (QED) is 0.759. The molecule has 0 fully saturated rings. The minimum absolute atomic E-state index is 0.0895. The van der Waals surface area contributed by atoms with Gasteiger partial charge in [-0.05, 0) is 55.7 Å². The maximum atomic E-state index is 13.3. The van der Waals surface area contributed by atoms with E-state index >= 15 is 0 Å². The molecule has 30 heavy (non-hydrogen) atoms. The number of fused-ring (bicyclic) bond motifs is 1. The van der Waals surface area contributed by atoms with E-state index in [2.05, 4.69) is 49.3 Å². The van der Waals surface area contributed by atoms with Crippen molar-refractivity contribution in [1.29, 1.82) is 0 Å². The predicted octanol–water partition coefficient (Wildman–Crippen LogP) is 4.24. The van der Waals surface area contributed by atoms with Gasteiger partial charge in [0.2, 0.25) is 0 Å². The highest BCUT2D eigenvalue weighted by Crippen LogP contribution is 2.47. The Morgan fingerprint density at radius 1 is 1.30 bits per heavy atom. The van der Waals surface area contributed by atoms with Gasteiger partial charge in [0, 0.05) is 48.6 Å². The van der Waals surface area contributed by atoms with Gasteiger partial charge in [0.15, 0.2) is 5.78 Å². The molecule has 3 aliphatic rings. The minimum atomic E-state index is -0.374. The topological polar surface area (TPSA) is 58.6 Å². The highest BCUT2D eigenvalue weighted by Gasteiger charge is 2.43. The normalized spacial score (nSPS) is 23.0. The number of Topliss-reactive ketones (excluding diaryl/α,β-unsaturated/α-hetero) is 1. The number of carbonyl (C=O) groups is 2. The zero-order valence-corrected chi connectivity index (χ0v) is 18.7. The lowest BCUT2D eigenvalue weighted by atomic mass is 9.68. The monoisotopic (exact) mass is 408 g/mol. The summed E-state index contributed by atoms with van der Waals surface area (Å²) >= 11 is 0. The molecule has 0 saturated carbocycles. The van der Waals surface area contributed by atoms with Crippen molar-refractivity contribution in [1.82, 2.24) is 5.32 Å². The van der Waals surface area contributed by atoms with Crippen LogP contribution in [0.2, 0.25) is 0 Å². The molecule has 2 aliphatic heterocycles. The van der Waals surface area contributed by atoms with E-state index in [1.54, 1.807) is 0 Å². The zero-order chi connectivity index (χ0) is 21.6. The van der Waals surface area contributed by atoms with Gasteiger partial charge in [-0.2, -0.15) is 0 Å². The predicted molar refractivity (Wildman–Crippen MR) is 118 cm³/mol. The van der Waals surface area contributed by atoms with Crippen LogP contribution in [0.3, 0.4) is 0 Å². The first-order chi connectivity index (χ1) is 14.2. The van der Waals surface area contributed by atoms with E-state index in [1.165, 1.54) is 11.3 Å². The molecule has 0 saturated heterocycles. The van der Waals surface area contributed by atoms with Crippen LogP contribution in [0.4, 0.5) is 5.69 Å². The van der Waals surface area contributed by atoms with Crippen LogP contribution >= 0.6 is 0 Å². The van der Waals surface area contributed by atoms with Gasteiger partial charge >= 0.3 is 5.97 Å². The molecule has 1 N–H and O–H groups in total. The third kappa shape index (κ3) is 3.55. The number of aryl methyl sites for hydroxylation is 1. The van der Waals surface area contributed by atoms with Crippen LogP contribution in [0.5, 0.6) is 0 Å². The van der Waals surface area contributed by atoms with Crippen LogP contribution in [-0.2, 0) is 20.7 Å². The fourth-order valence-corrected chi connectivity index (χ4v) is 5.23. The third-order valence-electron chi connectivity index (χ3n) is 6.52. The number of nitrogens with zero attached hydrogens (tertiary/aromatic N) is 1. The van der Waals surface area contributed by atoms with Crippen LogP contribution in [0.15, 0.2) is 40.7 Å². The third-order valence-corrected chi connectivity index (χ3v) is 6.52. The largest absolute Gasteiger partial charge is 0.463 e. The van der Waals surface area contributed by atoms with Crippen LogP contribution in [0.1, 0.15) is 64.0 Å². The Balaban J connectivity index is 1.87.